The highest BCUT2D eigenvalue weighted by atomic mass is 32.1. The number of rotatable bonds is 6. The van der Waals surface area contributed by atoms with Crippen molar-refractivity contribution in [1.29, 1.82) is 0 Å². The van der Waals surface area contributed by atoms with Crippen molar-refractivity contribution in [3.8, 4) is 11.3 Å². The molecular formula is C18H16F4N4O2S. The average molecular weight is 428 g/mol. The van der Waals surface area contributed by atoms with Crippen LogP contribution >= 0.6 is 11.3 Å². The molecule has 0 aliphatic heterocycles. The maximum absolute atomic E-state index is 13.8. The smallest absolute Gasteiger partial charge is 0.390 e. The molecule has 1 aromatic carbocycles. The van der Waals surface area contributed by atoms with E-state index in [4.69, 9.17) is 10.8 Å². The Balaban J connectivity index is 1.77. The Labute approximate surface area is 166 Å². The molecule has 2 heterocycles. The largest absolute Gasteiger partial charge is 0.419 e. The monoisotopic (exact) mass is 428 g/mol. The molecular weight excluding hydrogens is 412 g/mol. The van der Waals surface area contributed by atoms with Crippen LogP contribution in [-0.4, -0.2) is 27.5 Å². The van der Waals surface area contributed by atoms with E-state index in [1.807, 2.05) is 0 Å². The molecule has 0 fully saturated rings. The van der Waals surface area contributed by atoms with Crippen LogP contribution in [0.5, 0.6) is 0 Å². The summed E-state index contributed by atoms with van der Waals surface area (Å²) in [5.41, 5.74) is 5.36. The zero-order valence-electron chi connectivity index (χ0n) is 14.8. The molecule has 154 valence electrons. The molecule has 0 saturated carbocycles. The molecule has 11 heteroatoms. The van der Waals surface area contributed by atoms with Gasteiger partial charge in [-0.05, 0) is 24.3 Å². The van der Waals surface area contributed by atoms with Gasteiger partial charge in [-0.2, -0.15) is 13.2 Å². The highest BCUT2D eigenvalue weighted by Crippen LogP contribution is 2.33. The van der Waals surface area contributed by atoms with Crippen molar-refractivity contribution >= 4 is 17.2 Å². The minimum Gasteiger partial charge on any atom is -0.390 e. The normalized spacial score (nSPS) is 12.8. The van der Waals surface area contributed by atoms with Gasteiger partial charge in [0.25, 0.3) is 5.91 Å². The van der Waals surface area contributed by atoms with Crippen LogP contribution in [0.2, 0.25) is 0 Å². The molecule has 5 N–H and O–H groups in total. The maximum Gasteiger partial charge on any atom is 0.419 e. The number of amides is 1. The first-order valence-corrected chi connectivity index (χ1v) is 9.23. The minimum absolute atomic E-state index is 0.0712. The lowest BCUT2D eigenvalue weighted by atomic mass is 10.1. The molecule has 1 amide bonds. The molecule has 1 atom stereocenters. The first kappa shape index (κ1) is 21.0. The maximum atomic E-state index is 13.8. The summed E-state index contributed by atoms with van der Waals surface area (Å²) in [5.74, 6) is -1.91. The number of halogens is 4. The molecule has 0 saturated heterocycles. The lowest BCUT2D eigenvalue weighted by molar-refractivity contribution is -0.139. The molecule has 0 aliphatic carbocycles. The van der Waals surface area contributed by atoms with Crippen LogP contribution < -0.4 is 11.1 Å². The Morgan fingerprint density at radius 3 is 2.66 bits per heavy atom. The number of aliphatic hydroxyl groups excluding tert-OH is 1. The Morgan fingerprint density at radius 2 is 2.07 bits per heavy atom. The van der Waals surface area contributed by atoms with Crippen LogP contribution in [0.15, 0.2) is 35.7 Å². The van der Waals surface area contributed by atoms with Gasteiger partial charge in [-0.3, -0.25) is 4.79 Å². The number of hydrogen-bond acceptors (Lipinski definition) is 5. The Kier molecular flexibility index (Phi) is 6.01. The van der Waals surface area contributed by atoms with Crippen LogP contribution in [0.1, 0.15) is 32.8 Å². The fourth-order valence-electron chi connectivity index (χ4n) is 2.62. The second kappa shape index (κ2) is 8.31. The molecule has 0 bridgehead atoms. The zero-order chi connectivity index (χ0) is 21.2. The van der Waals surface area contributed by atoms with Gasteiger partial charge in [0.05, 0.1) is 23.9 Å². The number of H-pyrrole nitrogens is 1. The number of hydrogen-bond donors (Lipinski definition) is 4. The van der Waals surface area contributed by atoms with Crippen LogP contribution in [0.25, 0.3) is 11.3 Å². The molecule has 6 nitrogen and oxygen atoms in total. The van der Waals surface area contributed by atoms with Crippen molar-refractivity contribution in [1.82, 2.24) is 15.3 Å². The van der Waals surface area contributed by atoms with E-state index in [1.54, 1.807) is 5.38 Å². The SMILES string of the molecule is NCC(NC(=O)c1ccc(-c2ccc(C(F)(F)F)c(F)c2)[nH]1)c1nc(CO)cs1. The van der Waals surface area contributed by atoms with Gasteiger partial charge < -0.3 is 21.1 Å². The molecule has 0 radical (unpaired) electrons. The Morgan fingerprint density at radius 1 is 1.31 bits per heavy atom. The third kappa shape index (κ3) is 4.63. The van der Waals surface area contributed by atoms with E-state index < -0.39 is 29.5 Å². The van der Waals surface area contributed by atoms with Gasteiger partial charge in [0.2, 0.25) is 0 Å². The summed E-state index contributed by atoms with van der Waals surface area (Å²) in [7, 11) is 0. The van der Waals surface area contributed by atoms with E-state index >= 15 is 0 Å². The van der Waals surface area contributed by atoms with E-state index in [2.05, 4.69) is 15.3 Å². The Bertz CT molecular complexity index is 1020. The minimum atomic E-state index is -4.79. The van der Waals surface area contributed by atoms with Gasteiger partial charge in [-0.15, -0.1) is 11.3 Å². The third-order valence-electron chi connectivity index (χ3n) is 4.09. The number of benzene rings is 1. The van der Waals surface area contributed by atoms with E-state index in [0.717, 1.165) is 12.1 Å². The van der Waals surface area contributed by atoms with E-state index in [-0.39, 0.29) is 30.1 Å². The summed E-state index contributed by atoms with van der Waals surface area (Å²) >= 11 is 1.24. The summed E-state index contributed by atoms with van der Waals surface area (Å²) < 4.78 is 51.8. The summed E-state index contributed by atoms with van der Waals surface area (Å²) in [4.78, 5) is 19.4. The summed E-state index contributed by atoms with van der Waals surface area (Å²) in [6.07, 6.45) is -4.79. The van der Waals surface area contributed by atoms with Crippen molar-refractivity contribution in [2.75, 3.05) is 6.54 Å². The van der Waals surface area contributed by atoms with Crippen molar-refractivity contribution in [3.05, 3.63) is 63.5 Å². The number of nitrogens with one attached hydrogen (secondary N) is 2. The van der Waals surface area contributed by atoms with Crippen molar-refractivity contribution in [2.45, 2.75) is 18.8 Å². The predicted molar refractivity (Wildman–Crippen MR) is 98.5 cm³/mol. The van der Waals surface area contributed by atoms with Crippen molar-refractivity contribution in [2.24, 2.45) is 5.73 Å². The van der Waals surface area contributed by atoms with E-state index in [9.17, 15) is 22.4 Å². The number of nitrogens with zero attached hydrogens (tertiary/aromatic N) is 1. The number of aliphatic hydroxyl groups is 1. The van der Waals surface area contributed by atoms with Gasteiger partial charge in [-0.1, -0.05) is 6.07 Å². The van der Waals surface area contributed by atoms with Gasteiger partial charge in [0.1, 0.15) is 16.5 Å². The Hall–Kier alpha value is -2.76. The van der Waals surface area contributed by atoms with Crippen molar-refractivity contribution < 1.29 is 27.5 Å². The van der Waals surface area contributed by atoms with Gasteiger partial charge in [0, 0.05) is 23.2 Å². The first-order chi connectivity index (χ1) is 13.7. The van der Waals surface area contributed by atoms with Gasteiger partial charge >= 0.3 is 6.18 Å². The van der Waals surface area contributed by atoms with Crippen LogP contribution in [0.3, 0.4) is 0 Å². The van der Waals surface area contributed by atoms with Gasteiger partial charge in [-0.25, -0.2) is 9.37 Å². The fourth-order valence-corrected chi connectivity index (χ4v) is 3.49. The molecule has 2 aromatic heterocycles. The number of aromatic amines is 1. The predicted octanol–water partition coefficient (Wildman–Crippen LogP) is 3.22. The van der Waals surface area contributed by atoms with Crippen LogP contribution in [0, 0.1) is 5.82 Å². The molecule has 29 heavy (non-hydrogen) atoms. The van der Waals surface area contributed by atoms with Crippen molar-refractivity contribution in [3.63, 3.8) is 0 Å². The molecule has 0 spiro atoms. The summed E-state index contributed by atoms with van der Waals surface area (Å²) in [6, 6.07) is 4.83. The van der Waals surface area contributed by atoms with Gasteiger partial charge in [0.15, 0.2) is 0 Å². The van der Waals surface area contributed by atoms with Crippen LogP contribution in [-0.2, 0) is 12.8 Å². The molecule has 3 rings (SSSR count). The number of thiazole rings is 1. The highest BCUT2D eigenvalue weighted by molar-refractivity contribution is 7.09. The number of aromatic nitrogens is 2. The molecule has 3 aromatic rings. The quantitative estimate of drug-likeness (QED) is 0.453. The lowest BCUT2D eigenvalue weighted by Crippen LogP contribution is -2.33. The second-order valence-corrected chi connectivity index (χ2v) is 6.96. The number of carbonyl (C=O) groups excluding carboxylic acids is 1. The zero-order valence-corrected chi connectivity index (χ0v) is 15.6. The van der Waals surface area contributed by atoms with E-state index in [0.29, 0.717) is 16.8 Å². The highest BCUT2D eigenvalue weighted by Gasteiger charge is 2.34. The standard InChI is InChI=1S/C18H16F4N4O2S/c19-12-5-9(1-2-11(12)18(20,21)22)13-3-4-14(25-13)16(28)26-15(6-23)17-24-10(7-27)8-29-17/h1-5,8,15,25,27H,6-7,23H2,(H,26,28). The average Bonchev–Trinajstić information content (AvgIpc) is 3.34. The number of alkyl halides is 3. The molecule has 0 aliphatic rings. The second-order valence-electron chi connectivity index (χ2n) is 6.08. The number of nitrogens with two attached hydrogens (primary N) is 1. The first-order valence-electron chi connectivity index (χ1n) is 8.35. The third-order valence-corrected chi connectivity index (χ3v) is 5.09. The molecule has 1 unspecified atom stereocenters. The number of carbonyl (C=O) groups is 1. The summed E-state index contributed by atoms with van der Waals surface area (Å²) in [5, 5.41) is 14.0. The lowest BCUT2D eigenvalue weighted by Gasteiger charge is -2.13. The van der Waals surface area contributed by atoms with Crippen LogP contribution in [0.4, 0.5) is 17.6 Å². The fraction of sp³-hybridized carbons (Fsp3) is 0.222. The summed E-state index contributed by atoms with van der Waals surface area (Å²) in [6.45, 7) is -0.160. The van der Waals surface area contributed by atoms with E-state index in [1.165, 1.54) is 23.5 Å². The topological polar surface area (TPSA) is 104 Å².